The predicted molar refractivity (Wildman–Crippen MR) is 127 cm³/mol. The van der Waals surface area contributed by atoms with Crippen LogP contribution in [0.15, 0.2) is 42.9 Å². The molecule has 0 spiro atoms. The number of carbonyl (C=O) groups excluding carboxylic acids is 1. The number of benzene rings is 1. The first-order valence-electron chi connectivity index (χ1n) is 11.4. The Morgan fingerprint density at radius 1 is 1.20 bits per heavy atom. The fourth-order valence-corrected chi connectivity index (χ4v) is 5.18. The third kappa shape index (κ3) is 5.97. The van der Waals surface area contributed by atoms with E-state index in [4.69, 9.17) is 4.74 Å². The maximum absolute atomic E-state index is 14.9. The van der Waals surface area contributed by atoms with Crippen molar-refractivity contribution in [1.82, 2.24) is 25.3 Å². The van der Waals surface area contributed by atoms with Gasteiger partial charge in [0.15, 0.2) is 9.84 Å². The molecule has 0 saturated heterocycles. The molecule has 35 heavy (non-hydrogen) atoms. The topological polar surface area (TPSA) is 124 Å². The Bertz CT molecular complexity index is 1330. The van der Waals surface area contributed by atoms with Gasteiger partial charge in [-0.3, -0.25) is 9.78 Å². The van der Waals surface area contributed by atoms with E-state index in [0.29, 0.717) is 48.7 Å². The molecule has 1 aromatic carbocycles. The highest BCUT2D eigenvalue weighted by Gasteiger charge is 2.36. The first kappa shape index (κ1) is 24.6. The molecule has 1 saturated carbocycles. The summed E-state index contributed by atoms with van der Waals surface area (Å²) in [5.41, 5.74) is 1.21. The molecule has 1 aliphatic rings. The van der Waals surface area contributed by atoms with Crippen LogP contribution in [0.25, 0.3) is 11.3 Å². The lowest BCUT2D eigenvalue weighted by molar-refractivity contribution is 0.0930. The second-order valence-electron chi connectivity index (χ2n) is 8.21. The van der Waals surface area contributed by atoms with E-state index in [0.717, 1.165) is 0 Å². The Morgan fingerprint density at radius 2 is 2.00 bits per heavy atom. The molecule has 0 radical (unpaired) electrons. The Kier molecular flexibility index (Phi) is 7.34. The molecule has 9 nitrogen and oxygen atoms in total. The van der Waals surface area contributed by atoms with Crippen molar-refractivity contribution in [2.45, 2.75) is 50.2 Å². The van der Waals surface area contributed by atoms with Gasteiger partial charge in [0.25, 0.3) is 5.91 Å². The summed E-state index contributed by atoms with van der Waals surface area (Å²) in [7, 11) is -3.27. The zero-order valence-electron chi connectivity index (χ0n) is 19.4. The van der Waals surface area contributed by atoms with E-state index in [2.05, 4.69) is 25.3 Å². The molecular weight excluding hydrogens is 473 g/mol. The summed E-state index contributed by atoms with van der Waals surface area (Å²) in [5, 5.41) is 2.47. The van der Waals surface area contributed by atoms with Crippen molar-refractivity contribution in [3.8, 4) is 17.1 Å². The summed E-state index contributed by atoms with van der Waals surface area (Å²) in [5.74, 6) is -1.04. The number of hydrogen-bond donors (Lipinski definition) is 1. The van der Waals surface area contributed by atoms with Crippen molar-refractivity contribution in [2.24, 2.45) is 0 Å². The van der Waals surface area contributed by atoms with Crippen molar-refractivity contribution < 1.29 is 22.3 Å². The van der Waals surface area contributed by atoms with Crippen LogP contribution in [-0.2, 0) is 15.6 Å². The minimum atomic E-state index is -3.27. The van der Waals surface area contributed by atoms with Gasteiger partial charge >= 0.3 is 0 Å². The molecule has 11 heteroatoms. The normalized spacial score (nSPS) is 14.4. The highest BCUT2D eigenvalue weighted by molar-refractivity contribution is 7.91. The Labute approximate surface area is 203 Å². The van der Waals surface area contributed by atoms with E-state index in [1.54, 1.807) is 12.1 Å². The number of nitrogens with zero attached hydrogens (tertiary/aromatic N) is 4. The van der Waals surface area contributed by atoms with Gasteiger partial charge in [0, 0.05) is 11.8 Å². The molecular formula is C24H26FN5O4S. The molecule has 184 valence electrons. The number of nitrogens with one attached hydrogen (secondary N) is 1. The van der Waals surface area contributed by atoms with Crippen molar-refractivity contribution in [3.05, 3.63) is 65.8 Å². The average molecular weight is 500 g/mol. The van der Waals surface area contributed by atoms with Crippen LogP contribution in [0.2, 0.25) is 0 Å². The van der Waals surface area contributed by atoms with Crippen LogP contribution < -0.4 is 10.1 Å². The van der Waals surface area contributed by atoms with Crippen molar-refractivity contribution in [1.29, 1.82) is 0 Å². The van der Waals surface area contributed by atoms with Crippen molar-refractivity contribution in [2.75, 3.05) is 6.61 Å². The van der Waals surface area contributed by atoms with E-state index in [9.17, 15) is 17.6 Å². The second-order valence-corrected chi connectivity index (χ2v) is 10.5. The molecule has 1 N–H and O–H groups in total. The third-order valence-corrected chi connectivity index (χ3v) is 7.72. The quantitative estimate of drug-likeness (QED) is 0.450. The fraction of sp³-hybridized carbons (Fsp3) is 0.375. The summed E-state index contributed by atoms with van der Waals surface area (Å²) in [6, 6.07) is 5.27. The first-order chi connectivity index (χ1) is 16.8. The molecule has 3 aromatic rings. The van der Waals surface area contributed by atoms with E-state index in [1.165, 1.54) is 30.7 Å². The molecule has 1 atom stereocenters. The Hall–Kier alpha value is -3.47. The molecule has 0 bridgehead atoms. The van der Waals surface area contributed by atoms with E-state index >= 15 is 0 Å². The molecule has 1 aliphatic carbocycles. The minimum Gasteiger partial charge on any atom is -0.477 e. The summed E-state index contributed by atoms with van der Waals surface area (Å²) in [6.45, 7) is 4.09. The van der Waals surface area contributed by atoms with Crippen molar-refractivity contribution in [3.63, 3.8) is 0 Å². The summed E-state index contributed by atoms with van der Waals surface area (Å²) in [4.78, 5) is 29.6. The van der Waals surface area contributed by atoms with Gasteiger partial charge in [-0.1, -0.05) is 13.0 Å². The van der Waals surface area contributed by atoms with Crippen LogP contribution in [0, 0.1) is 5.82 Å². The van der Waals surface area contributed by atoms with Gasteiger partial charge in [-0.15, -0.1) is 0 Å². The highest BCUT2D eigenvalue weighted by atomic mass is 32.2. The van der Waals surface area contributed by atoms with E-state index in [-0.39, 0.29) is 22.4 Å². The fourth-order valence-electron chi connectivity index (χ4n) is 3.59. The molecule has 4 rings (SSSR count). The number of carbonyl (C=O) groups is 1. The lowest BCUT2D eigenvalue weighted by atomic mass is 10.1. The van der Waals surface area contributed by atoms with Crippen LogP contribution in [0.4, 0.5) is 4.39 Å². The number of hydrogen-bond acceptors (Lipinski definition) is 8. The highest BCUT2D eigenvalue weighted by Crippen LogP contribution is 2.30. The lowest BCUT2D eigenvalue weighted by Crippen LogP contribution is -2.30. The molecule has 2 heterocycles. The monoisotopic (exact) mass is 499 g/mol. The molecule has 2 aromatic heterocycles. The zero-order valence-corrected chi connectivity index (χ0v) is 20.3. The number of amides is 1. The largest absolute Gasteiger partial charge is 0.477 e. The van der Waals surface area contributed by atoms with Gasteiger partial charge in [-0.25, -0.2) is 27.8 Å². The number of rotatable bonds is 10. The maximum Gasteiger partial charge on any atom is 0.254 e. The maximum atomic E-state index is 14.9. The van der Waals surface area contributed by atoms with Crippen LogP contribution >= 0.6 is 0 Å². The molecule has 1 fully saturated rings. The lowest BCUT2D eigenvalue weighted by Gasteiger charge is -2.17. The number of sulfone groups is 1. The van der Waals surface area contributed by atoms with Gasteiger partial charge in [-0.2, -0.15) is 0 Å². The first-order valence-corrected chi connectivity index (χ1v) is 13.1. The van der Waals surface area contributed by atoms with E-state index in [1.807, 2.05) is 13.8 Å². The van der Waals surface area contributed by atoms with Gasteiger partial charge in [0.05, 0.1) is 47.2 Å². The summed E-state index contributed by atoms with van der Waals surface area (Å²) in [6.07, 6.45) is 6.24. The van der Waals surface area contributed by atoms with E-state index < -0.39 is 27.6 Å². The van der Waals surface area contributed by atoms with Crippen LogP contribution in [-0.4, -0.2) is 46.1 Å². The molecule has 1 unspecified atom stereocenters. The van der Waals surface area contributed by atoms with Gasteiger partial charge in [-0.05, 0) is 44.4 Å². The summed E-state index contributed by atoms with van der Waals surface area (Å²) < 4.78 is 44.8. The number of aromatic nitrogens is 4. The smallest absolute Gasteiger partial charge is 0.254 e. The average Bonchev–Trinajstić information content (AvgIpc) is 3.69. The SMILES string of the molecule is CCOc1cncc(-c2ccc(C(=O)NC(CC)c3ccnc(CS(=O)(=O)C4CC4)n3)c(F)c2)n1. The summed E-state index contributed by atoms with van der Waals surface area (Å²) >= 11 is 0. The number of ether oxygens (including phenoxy) is 1. The van der Waals surface area contributed by atoms with Crippen LogP contribution in [0.1, 0.15) is 61.0 Å². The molecule has 1 amide bonds. The van der Waals surface area contributed by atoms with Crippen LogP contribution in [0.5, 0.6) is 5.88 Å². The minimum absolute atomic E-state index is 0.133. The Balaban J connectivity index is 1.49. The number of halogens is 1. The Morgan fingerprint density at radius 3 is 2.69 bits per heavy atom. The standard InChI is InChI=1S/C24H26FN5O4S/c1-3-19(20-9-10-27-22(28-20)14-35(32,33)16-6-7-16)30-24(31)17-8-5-15(11-18(17)25)21-12-26-13-23(29-21)34-4-2/h5,8-13,16,19H,3-4,6-7,14H2,1-2H3,(H,30,31). The van der Waals surface area contributed by atoms with Gasteiger partial charge in [0.2, 0.25) is 5.88 Å². The predicted octanol–water partition coefficient (Wildman–Crippen LogP) is 3.43. The van der Waals surface area contributed by atoms with Crippen LogP contribution in [0.3, 0.4) is 0 Å². The van der Waals surface area contributed by atoms with Gasteiger partial charge in [0.1, 0.15) is 17.4 Å². The van der Waals surface area contributed by atoms with Crippen molar-refractivity contribution >= 4 is 15.7 Å². The van der Waals surface area contributed by atoms with Gasteiger partial charge < -0.3 is 10.1 Å². The molecule has 0 aliphatic heterocycles. The zero-order chi connectivity index (χ0) is 25.0. The third-order valence-electron chi connectivity index (χ3n) is 5.57. The second kappa shape index (κ2) is 10.4.